The van der Waals surface area contributed by atoms with E-state index in [1.807, 2.05) is 12.1 Å². The lowest BCUT2D eigenvalue weighted by Crippen LogP contribution is -2.17. The van der Waals surface area contributed by atoms with E-state index in [2.05, 4.69) is 29.4 Å². The van der Waals surface area contributed by atoms with Crippen molar-refractivity contribution in [3.63, 3.8) is 0 Å². The number of anilines is 1. The van der Waals surface area contributed by atoms with Crippen LogP contribution in [0.5, 0.6) is 5.75 Å². The van der Waals surface area contributed by atoms with Crippen LogP contribution in [-0.4, -0.2) is 15.3 Å². The summed E-state index contributed by atoms with van der Waals surface area (Å²) in [5.74, 6) is 0.953. The van der Waals surface area contributed by atoms with Gasteiger partial charge in [-0.05, 0) is 48.4 Å². The van der Waals surface area contributed by atoms with Gasteiger partial charge in [0.15, 0.2) is 0 Å². The highest BCUT2D eigenvalue weighted by molar-refractivity contribution is 7.15. The first kappa shape index (κ1) is 14.3. The molecule has 1 aliphatic rings. The molecule has 0 aliphatic heterocycles. The normalized spacial score (nSPS) is 17.8. The molecule has 0 saturated carbocycles. The first-order valence-electron chi connectivity index (χ1n) is 7.52. The van der Waals surface area contributed by atoms with E-state index in [0.29, 0.717) is 11.7 Å². The van der Waals surface area contributed by atoms with Crippen LogP contribution in [-0.2, 0) is 12.8 Å². The topological polar surface area (TPSA) is 58.0 Å². The second-order valence-electron chi connectivity index (χ2n) is 6.07. The summed E-state index contributed by atoms with van der Waals surface area (Å²) >= 11 is 1.65. The van der Waals surface area contributed by atoms with Crippen LogP contribution in [0.2, 0.25) is 0 Å². The first-order chi connectivity index (χ1) is 10.1. The highest BCUT2D eigenvalue weighted by Crippen LogP contribution is 2.34. The minimum atomic E-state index is 0.272. The molecule has 0 fully saturated rings. The molecular formula is C16H21N3OS. The number of hydrogen-bond donors (Lipinski definition) is 2. The van der Waals surface area contributed by atoms with Crippen molar-refractivity contribution in [2.45, 2.75) is 45.6 Å². The number of rotatable bonds is 4. The van der Waals surface area contributed by atoms with Crippen LogP contribution >= 0.6 is 11.3 Å². The molecule has 2 N–H and O–H groups in total. The van der Waals surface area contributed by atoms with Gasteiger partial charge < -0.3 is 10.4 Å². The molecule has 1 unspecified atom stereocenters. The fraction of sp³-hybridized carbons (Fsp3) is 0.500. The van der Waals surface area contributed by atoms with Crippen molar-refractivity contribution in [1.82, 2.24) is 10.2 Å². The third kappa shape index (κ3) is 3.35. The number of phenols is 1. The minimum absolute atomic E-state index is 0.272. The van der Waals surface area contributed by atoms with Gasteiger partial charge in [-0.25, -0.2) is 0 Å². The molecule has 0 bridgehead atoms. The van der Waals surface area contributed by atoms with E-state index in [9.17, 15) is 5.11 Å². The molecule has 1 aromatic heterocycles. The van der Waals surface area contributed by atoms with Crippen molar-refractivity contribution in [1.29, 1.82) is 0 Å². The van der Waals surface area contributed by atoms with Gasteiger partial charge in [0, 0.05) is 6.42 Å². The molecule has 2 aromatic rings. The van der Waals surface area contributed by atoms with Gasteiger partial charge in [-0.3, -0.25) is 0 Å². The van der Waals surface area contributed by atoms with Crippen molar-refractivity contribution < 1.29 is 5.11 Å². The molecule has 1 atom stereocenters. The van der Waals surface area contributed by atoms with E-state index in [1.54, 1.807) is 17.4 Å². The second-order valence-corrected chi connectivity index (χ2v) is 7.13. The van der Waals surface area contributed by atoms with Crippen LogP contribution in [0.25, 0.3) is 0 Å². The molecule has 0 amide bonds. The summed E-state index contributed by atoms with van der Waals surface area (Å²) in [7, 11) is 0. The van der Waals surface area contributed by atoms with Gasteiger partial charge >= 0.3 is 0 Å². The molecule has 0 saturated heterocycles. The quantitative estimate of drug-likeness (QED) is 0.898. The van der Waals surface area contributed by atoms with Crippen LogP contribution in [0.3, 0.4) is 0 Å². The minimum Gasteiger partial charge on any atom is -0.508 e. The molecule has 0 spiro atoms. The first-order valence-corrected chi connectivity index (χ1v) is 8.34. The van der Waals surface area contributed by atoms with Gasteiger partial charge in [0.2, 0.25) is 5.13 Å². The van der Waals surface area contributed by atoms with Crippen LogP contribution in [0.4, 0.5) is 5.13 Å². The Balaban J connectivity index is 1.76. The number of phenolic OH excluding ortho intramolecular Hbond substituents is 1. The summed E-state index contributed by atoms with van der Waals surface area (Å²) in [6.45, 7) is 4.39. The van der Waals surface area contributed by atoms with Crippen molar-refractivity contribution in [2.75, 3.05) is 5.32 Å². The fourth-order valence-electron chi connectivity index (χ4n) is 2.84. The molecule has 21 heavy (non-hydrogen) atoms. The summed E-state index contributed by atoms with van der Waals surface area (Å²) in [4.78, 5) is 0. The molecule has 0 radical (unpaired) electrons. The number of hydrogen-bond acceptors (Lipinski definition) is 5. The SMILES string of the molecule is CC(C)Cc1nnc(NC2CCCc3cc(O)ccc32)s1. The van der Waals surface area contributed by atoms with E-state index in [4.69, 9.17) is 0 Å². The highest BCUT2D eigenvalue weighted by atomic mass is 32.1. The second kappa shape index (κ2) is 6.02. The average Bonchev–Trinajstić information content (AvgIpc) is 2.85. The lowest BCUT2D eigenvalue weighted by Gasteiger charge is -2.26. The van der Waals surface area contributed by atoms with E-state index >= 15 is 0 Å². The van der Waals surface area contributed by atoms with E-state index in [0.717, 1.165) is 35.8 Å². The van der Waals surface area contributed by atoms with Crippen molar-refractivity contribution in [3.8, 4) is 5.75 Å². The number of aryl methyl sites for hydroxylation is 1. The molecule has 1 aromatic carbocycles. The van der Waals surface area contributed by atoms with Gasteiger partial charge in [-0.1, -0.05) is 31.3 Å². The molecule has 112 valence electrons. The summed E-state index contributed by atoms with van der Waals surface area (Å²) in [5, 5.41) is 23.6. The van der Waals surface area contributed by atoms with Crippen LogP contribution < -0.4 is 5.32 Å². The van der Waals surface area contributed by atoms with Crippen LogP contribution in [0.1, 0.15) is 48.9 Å². The van der Waals surface area contributed by atoms with E-state index in [-0.39, 0.29) is 6.04 Å². The zero-order valence-electron chi connectivity index (χ0n) is 12.5. The molecule has 3 rings (SSSR count). The summed E-state index contributed by atoms with van der Waals surface area (Å²) in [6, 6.07) is 5.95. The zero-order chi connectivity index (χ0) is 14.8. The number of fused-ring (bicyclic) bond motifs is 1. The van der Waals surface area contributed by atoms with E-state index in [1.165, 1.54) is 11.1 Å². The molecule has 5 heteroatoms. The van der Waals surface area contributed by atoms with E-state index < -0.39 is 0 Å². The summed E-state index contributed by atoms with van der Waals surface area (Å²) in [6.07, 6.45) is 4.24. The van der Waals surface area contributed by atoms with Gasteiger partial charge in [-0.15, -0.1) is 10.2 Å². The van der Waals surface area contributed by atoms with Gasteiger partial charge in [0.05, 0.1) is 6.04 Å². The number of nitrogens with zero attached hydrogens (tertiary/aromatic N) is 2. The Morgan fingerprint density at radius 2 is 2.24 bits per heavy atom. The van der Waals surface area contributed by atoms with Gasteiger partial charge in [0.25, 0.3) is 0 Å². The van der Waals surface area contributed by atoms with Crippen molar-refractivity contribution in [2.24, 2.45) is 5.92 Å². The molecule has 1 aliphatic carbocycles. The highest BCUT2D eigenvalue weighted by Gasteiger charge is 2.21. The smallest absolute Gasteiger partial charge is 0.206 e. The predicted molar refractivity (Wildman–Crippen MR) is 85.9 cm³/mol. The average molecular weight is 303 g/mol. The predicted octanol–water partition coefficient (Wildman–Crippen LogP) is 3.93. The van der Waals surface area contributed by atoms with Crippen LogP contribution in [0, 0.1) is 5.92 Å². The largest absolute Gasteiger partial charge is 0.508 e. The molecular weight excluding hydrogens is 282 g/mol. The Morgan fingerprint density at radius 1 is 1.38 bits per heavy atom. The maximum Gasteiger partial charge on any atom is 0.206 e. The Kier molecular flexibility index (Phi) is 4.10. The number of nitrogens with one attached hydrogen (secondary N) is 1. The summed E-state index contributed by atoms with van der Waals surface area (Å²) in [5.41, 5.74) is 2.52. The lowest BCUT2D eigenvalue weighted by atomic mass is 9.87. The molecule has 4 nitrogen and oxygen atoms in total. The Hall–Kier alpha value is -1.62. The zero-order valence-corrected chi connectivity index (χ0v) is 13.3. The Morgan fingerprint density at radius 3 is 3.05 bits per heavy atom. The third-order valence-electron chi connectivity index (χ3n) is 3.79. The van der Waals surface area contributed by atoms with Gasteiger partial charge in [-0.2, -0.15) is 0 Å². The van der Waals surface area contributed by atoms with Crippen molar-refractivity contribution in [3.05, 3.63) is 34.3 Å². The standard InChI is InChI=1S/C16H21N3OS/c1-10(2)8-15-18-19-16(21-15)17-14-5-3-4-11-9-12(20)6-7-13(11)14/h6-7,9-10,14,20H,3-5,8H2,1-2H3,(H,17,19). The number of aromatic nitrogens is 2. The Labute approximate surface area is 129 Å². The summed E-state index contributed by atoms with van der Waals surface area (Å²) < 4.78 is 0. The number of benzene rings is 1. The lowest BCUT2D eigenvalue weighted by molar-refractivity contribution is 0.472. The fourth-order valence-corrected chi connectivity index (χ4v) is 3.85. The number of aromatic hydroxyl groups is 1. The third-order valence-corrected chi connectivity index (χ3v) is 4.67. The maximum absolute atomic E-state index is 9.61. The monoisotopic (exact) mass is 303 g/mol. The Bertz CT molecular complexity index is 624. The molecule has 1 heterocycles. The van der Waals surface area contributed by atoms with Crippen molar-refractivity contribution >= 4 is 16.5 Å². The van der Waals surface area contributed by atoms with Crippen LogP contribution in [0.15, 0.2) is 18.2 Å². The van der Waals surface area contributed by atoms with Gasteiger partial charge in [0.1, 0.15) is 10.8 Å². The maximum atomic E-state index is 9.61.